The van der Waals surface area contributed by atoms with E-state index in [9.17, 15) is 5.26 Å². The Hall–Kier alpha value is -2.45. The lowest BCUT2D eigenvalue weighted by atomic mass is 10.1. The fraction of sp³-hybridized carbons (Fsp3) is 0.0714. The highest BCUT2D eigenvalue weighted by Gasteiger charge is 2.10. The van der Waals surface area contributed by atoms with Crippen LogP contribution in [0.3, 0.4) is 0 Å². The Morgan fingerprint density at radius 2 is 2.05 bits per heavy atom. The first kappa shape index (κ1) is 11.6. The van der Waals surface area contributed by atoms with Gasteiger partial charge in [-0.25, -0.2) is 4.98 Å². The van der Waals surface area contributed by atoms with Gasteiger partial charge in [0.15, 0.2) is 5.13 Å². The standard InChI is InChI=1S/C14H10N4S/c1-9-7-17-14(19-9)18-13-10(6-15)8-16-12-5-3-2-4-11(12)13/h2-5,7-8H,1H3,(H,16,17,18). The second-order valence-electron chi connectivity index (χ2n) is 4.08. The molecule has 0 aliphatic carbocycles. The van der Waals surface area contributed by atoms with Crippen LogP contribution in [0.25, 0.3) is 10.9 Å². The average molecular weight is 266 g/mol. The van der Waals surface area contributed by atoms with Crippen LogP contribution in [0, 0.1) is 18.3 Å². The van der Waals surface area contributed by atoms with E-state index in [2.05, 4.69) is 21.4 Å². The summed E-state index contributed by atoms with van der Waals surface area (Å²) in [5, 5.41) is 14.2. The van der Waals surface area contributed by atoms with Crippen molar-refractivity contribution in [3.63, 3.8) is 0 Å². The molecule has 1 aromatic carbocycles. The molecular formula is C14H10N4S. The molecule has 0 aliphatic heterocycles. The molecule has 0 atom stereocenters. The van der Waals surface area contributed by atoms with Gasteiger partial charge in [-0.1, -0.05) is 18.2 Å². The first-order valence-electron chi connectivity index (χ1n) is 5.75. The minimum absolute atomic E-state index is 0.520. The van der Waals surface area contributed by atoms with Gasteiger partial charge in [0.2, 0.25) is 0 Å². The fourth-order valence-corrected chi connectivity index (χ4v) is 2.55. The first-order chi connectivity index (χ1) is 9.28. The molecule has 4 nitrogen and oxygen atoms in total. The predicted molar refractivity (Wildman–Crippen MR) is 76.6 cm³/mol. The van der Waals surface area contributed by atoms with E-state index >= 15 is 0 Å². The summed E-state index contributed by atoms with van der Waals surface area (Å²) in [7, 11) is 0. The number of nitrogens with one attached hydrogen (secondary N) is 1. The number of aromatic nitrogens is 2. The number of benzene rings is 1. The van der Waals surface area contributed by atoms with E-state index in [1.54, 1.807) is 17.5 Å². The highest BCUT2D eigenvalue weighted by Crippen LogP contribution is 2.30. The molecular weight excluding hydrogens is 256 g/mol. The zero-order valence-electron chi connectivity index (χ0n) is 10.2. The average Bonchev–Trinajstić information content (AvgIpc) is 2.85. The van der Waals surface area contributed by atoms with Gasteiger partial charge in [-0.05, 0) is 13.0 Å². The topological polar surface area (TPSA) is 61.6 Å². The van der Waals surface area contributed by atoms with Gasteiger partial charge in [-0.2, -0.15) is 5.26 Å². The van der Waals surface area contributed by atoms with Crippen LogP contribution in [0.15, 0.2) is 36.7 Å². The van der Waals surface area contributed by atoms with Crippen LogP contribution >= 0.6 is 11.3 Å². The van der Waals surface area contributed by atoms with Crippen LogP contribution in [0.5, 0.6) is 0 Å². The maximum atomic E-state index is 9.21. The van der Waals surface area contributed by atoms with Gasteiger partial charge in [0.1, 0.15) is 6.07 Å². The van der Waals surface area contributed by atoms with Gasteiger partial charge in [-0.3, -0.25) is 4.98 Å². The maximum absolute atomic E-state index is 9.21. The molecule has 0 saturated heterocycles. The lowest BCUT2D eigenvalue weighted by Crippen LogP contribution is -1.96. The summed E-state index contributed by atoms with van der Waals surface area (Å²) in [5.74, 6) is 0. The molecule has 0 bridgehead atoms. The summed E-state index contributed by atoms with van der Waals surface area (Å²) in [4.78, 5) is 9.68. The monoisotopic (exact) mass is 266 g/mol. The van der Waals surface area contributed by atoms with Crippen LogP contribution in [0.4, 0.5) is 10.8 Å². The number of hydrogen-bond donors (Lipinski definition) is 1. The zero-order valence-corrected chi connectivity index (χ0v) is 11.0. The third-order valence-electron chi connectivity index (χ3n) is 2.75. The fourth-order valence-electron chi connectivity index (χ4n) is 1.88. The van der Waals surface area contributed by atoms with Gasteiger partial charge in [0, 0.05) is 22.7 Å². The van der Waals surface area contributed by atoms with Crippen molar-refractivity contribution in [2.75, 3.05) is 5.32 Å². The summed E-state index contributed by atoms with van der Waals surface area (Å²) < 4.78 is 0. The van der Waals surface area contributed by atoms with E-state index in [-0.39, 0.29) is 0 Å². The molecule has 0 saturated carbocycles. The molecule has 3 rings (SSSR count). The largest absolute Gasteiger partial charge is 0.330 e. The SMILES string of the molecule is Cc1cnc(Nc2c(C#N)cnc3ccccc23)s1. The van der Waals surface area contributed by atoms with Crippen molar-refractivity contribution in [3.05, 3.63) is 47.1 Å². The molecule has 2 heterocycles. The summed E-state index contributed by atoms with van der Waals surface area (Å²) in [5.41, 5.74) is 2.14. The van der Waals surface area contributed by atoms with E-state index in [0.29, 0.717) is 5.56 Å². The zero-order chi connectivity index (χ0) is 13.2. The number of rotatable bonds is 2. The van der Waals surface area contributed by atoms with Gasteiger partial charge < -0.3 is 5.32 Å². The quantitative estimate of drug-likeness (QED) is 0.769. The lowest BCUT2D eigenvalue weighted by molar-refractivity contribution is 1.34. The molecule has 5 heteroatoms. The number of aryl methyl sites for hydroxylation is 1. The molecule has 0 fully saturated rings. The van der Waals surface area contributed by atoms with Crippen LogP contribution in [-0.2, 0) is 0 Å². The number of hydrogen-bond acceptors (Lipinski definition) is 5. The molecule has 19 heavy (non-hydrogen) atoms. The summed E-state index contributed by atoms with van der Waals surface area (Å²) >= 11 is 1.56. The van der Waals surface area contributed by atoms with Gasteiger partial charge in [-0.15, -0.1) is 11.3 Å². The van der Waals surface area contributed by atoms with Gasteiger partial charge in [0.05, 0.1) is 16.8 Å². The summed E-state index contributed by atoms with van der Waals surface area (Å²) in [6.45, 7) is 2.00. The van der Waals surface area contributed by atoms with Crippen molar-refractivity contribution in [1.82, 2.24) is 9.97 Å². The minimum atomic E-state index is 0.520. The van der Waals surface area contributed by atoms with Crippen LogP contribution in [0.2, 0.25) is 0 Å². The molecule has 1 N–H and O–H groups in total. The summed E-state index contributed by atoms with van der Waals surface area (Å²) in [6, 6.07) is 9.91. The van der Waals surface area contributed by atoms with Crippen LogP contribution in [-0.4, -0.2) is 9.97 Å². The third-order valence-corrected chi connectivity index (χ3v) is 3.58. The molecule has 92 valence electrons. The van der Waals surface area contributed by atoms with Crippen LogP contribution < -0.4 is 5.32 Å². The van der Waals surface area contributed by atoms with Crippen molar-refractivity contribution < 1.29 is 0 Å². The minimum Gasteiger partial charge on any atom is -0.330 e. The van der Waals surface area contributed by atoms with Crippen molar-refractivity contribution in [3.8, 4) is 6.07 Å². The normalized spacial score (nSPS) is 10.3. The molecule has 0 aliphatic rings. The molecule has 3 aromatic rings. The molecule has 2 aromatic heterocycles. The Morgan fingerprint density at radius 1 is 1.21 bits per heavy atom. The number of thiazole rings is 1. The lowest BCUT2D eigenvalue weighted by Gasteiger charge is -2.08. The van der Waals surface area contributed by atoms with Gasteiger partial charge in [0.25, 0.3) is 0 Å². The highest BCUT2D eigenvalue weighted by atomic mass is 32.1. The van der Waals surface area contributed by atoms with Crippen molar-refractivity contribution in [2.45, 2.75) is 6.92 Å². The van der Waals surface area contributed by atoms with E-state index in [1.165, 1.54) is 0 Å². The number of pyridine rings is 1. The Bertz CT molecular complexity index is 785. The highest BCUT2D eigenvalue weighted by molar-refractivity contribution is 7.15. The molecule has 0 unspecified atom stereocenters. The molecule has 0 spiro atoms. The van der Waals surface area contributed by atoms with Crippen LogP contribution in [0.1, 0.15) is 10.4 Å². The van der Waals surface area contributed by atoms with E-state index in [0.717, 1.165) is 26.6 Å². The third kappa shape index (κ3) is 2.14. The predicted octanol–water partition coefficient (Wildman–Crippen LogP) is 3.62. The maximum Gasteiger partial charge on any atom is 0.187 e. The van der Waals surface area contributed by atoms with Gasteiger partial charge >= 0.3 is 0 Å². The Morgan fingerprint density at radius 3 is 2.79 bits per heavy atom. The number of anilines is 2. The number of para-hydroxylation sites is 1. The Balaban J connectivity index is 2.17. The first-order valence-corrected chi connectivity index (χ1v) is 6.57. The molecule has 0 amide bonds. The second-order valence-corrected chi connectivity index (χ2v) is 5.31. The second kappa shape index (κ2) is 4.67. The number of nitrogens with zero attached hydrogens (tertiary/aromatic N) is 3. The Kier molecular flexibility index (Phi) is 2.86. The van der Waals surface area contributed by atoms with Crippen molar-refractivity contribution in [1.29, 1.82) is 5.26 Å². The van der Waals surface area contributed by atoms with Crippen molar-refractivity contribution in [2.24, 2.45) is 0 Å². The van der Waals surface area contributed by atoms with E-state index in [1.807, 2.05) is 37.4 Å². The number of nitriles is 1. The van der Waals surface area contributed by atoms with E-state index < -0.39 is 0 Å². The number of fused-ring (bicyclic) bond motifs is 1. The Labute approximate surface area is 114 Å². The van der Waals surface area contributed by atoms with E-state index in [4.69, 9.17) is 0 Å². The van der Waals surface area contributed by atoms with Crippen molar-refractivity contribution >= 4 is 33.1 Å². The smallest absolute Gasteiger partial charge is 0.187 e. The summed E-state index contributed by atoms with van der Waals surface area (Å²) in [6.07, 6.45) is 3.40. The molecule has 0 radical (unpaired) electrons.